The third kappa shape index (κ3) is 5.50. The summed E-state index contributed by atoms with van der Waals surface area (Å²) >= 11 is 0. The third-order valence-corrected chi connectivity index (χ3v) is 6.91. The van der Waals surface area contributed by atoms with Crippen molar-refractivity contribution in [1.82, 2.24) is 9.97 Å². The molecule has 0 bridgehead atoms. The molecule has 4 nitrogen and oxygen atoms in total. The molecule has 0 spiro atoms. The van der Waals surface area contributed by atoms with E-state index in [-0.39, 0.29) is 32.2 Å². The molecule has 0 radical (unpaired) electrons. The molecule has 6 aromatic rings. The number of aromatic hydroxyl groups is 1. The van der Waals surface area contributed by atoms with Crippen LogP contribution >= 0.6 is 0 Å². The molecule has 2 heterocycles. The maximum atomic E-state index is 11.2. The van der Waals surface area contributed by atoms with E-state index in [1.807, 2.05) is 60.7 Å². The van der Waals surface area contributed by atoms with Crippen molar-refractivity contribution in [3.63, 3.8) is 0 Å². The van der Waals surface area contributed by atoms with Gasteiger partial charge in [0.2, 0.25) is 5.89 Å². The summed E-state index contributed by atoms with van der Waals surface area (Å²) in [6.45, 7) is 6.24. The number of aromatic nitrogens is 2. The van der Waals surface area contributed by atoms with Crippen LogP contribution in [0.2, 0.25) is 0 Å². The second-order valence-electron chi connectivity index (χ2n) is 10.8. The molecule has 4 aromatic carbocycles. The first-order valence-corrected chi connectivity index (χ1v) is 13.1. The number of phenols is 1. The minimum atomic E-state index is -0.221. The number of pyridine rings is 1. The van der Waals surface area contributed by atoms with Crippen LogP contribution in [0.3, 0.4) is 0 Å². The first-order chi connectivity index (χ1) is 18.9. The predicted molar refractivity (Wildman–Crippen MR) is 157 cm³/mol. The maximum absolute atomic E-state index is 11.2. The van der Waals surface area contributed by atoms with Gasteiger partial charge < -0.3 is 9.52 Å². The van der Waals surface area contributed by atoms with Gasteiger partial charge in [0.25, 0.3) is 0 Å². The van der Waals surface area contributed by atoms with Gasteiger partial charge in [-0.1, -0.05) is 92.6 Å². The number of fused-ring (bicyclic) bond motifs is 1. The van der Waals surface area contributed by atoms with Crippen LogP contribution < -0.4 is 0 Å². The van der Waals surface area contributed by atoms with Crippen molar-refractivity contribution >= 4 is 11.1 Å². The summed E-state index contributed by atoms with van der Waals surface area (Å²) in [5.74, 6) is 0.596. The normalized spacial score (nSPS) is 11.4. The molecule has 0 aliphatic carbocycles. The molecule has 0 aliphatic heterocycles. The number of oxazole rings is 1. The molecule has 5 heteroatoms. The molecule has 2 aromatic heterocycles. The first kappa shape index (κ1) is 27.6. The largest absolute Gasteiger partial charge is 0.507 e. The van der Waals surface area contributed by atoms with E-state index in [0.717, 1.165) is 45.4 Å². The Morgan fingerprint density at radius 3 is 2.27 bits per heavy atom. The number of para-hydroxylation sites is 1. The van der Waals surface area contributed by atoms with Gasteiger partial charge in [-0.05, 0) is 41.2 Å². The second-order valence-corrected chi connectivity index (χ2v) is 10.8. The first-order valence-electron chi connectivity index (χ1n) is 13.1. The number of hydrogen-bond acceptors (Lipinski definition) is 4. The molecule has 0 atom stereocenters. The molecule has 40 heavy (non-hydrogen) atoms. The van der Waals surface area contributed by atoms with E-state index >= 15 is 0 Å². The minimum absolute atomic E-state index is 0. The van der Waals surface area contributed by atoms with Gasteiger partial charge in [-0.3, -0.25) is 4.98 Å². The van der Waals surface area contributed by atoms with Gasteiger partial charge in [-0.15, -0.1) is 29.8 Å². The van der Waals surface area contributed by atoms with E-state index < -0.39 is 0 Å². The zero-order valence-electron chi connectivity index (χ0n) is 22.6. The van der Waals surface area contributed by atoms with Crippen LogP contribution in [0.5, 0.6) is 5.75 Å². The van der Waals surface area contributed by atoms with Crippen molar-refractivity contribution in [2.24, 2.45) is 0 Å². The van der Waals surface area contributed by atoms with Gasteiger partial charge in [0.1, 0.15) is 11.3 Å². The molecule has 0 amide bonds. The molecule has 0 saturated carbocycles. The number of hydrogen-bond donors (Lipinski definition) is 1. The van der Waals surface area contributed by atoms with Gasteiger partial charge in [-0.25, -0.2) is 4.98 Å². The SMILES string of the molecule is CC(C)(C)c1cccc(-c2nc3c(-c4[c-]c(-c5ccccn5)ccc4)cc(Cc4ccccc4)cc3o2)c1O.[Pt]. The Morgan fingerprint density at radius 1 is 0.775 bits per heavy atom. The number of nitrogens with zero attached hydrogens (tertiary/aromatic N) is 2. The average Bonchev–Trinajstić information content (AvgIpc) is 3.37. The van der Waals surface area contributed by atoms with Crippen molar-refractivity contribution < 1.29 is 30.6 Å². The van der Waals surface area contributed by atoms with Gasteiger partial charge in [0.15, 0.2) is 0 Å². The van der Waals surface area contributed by atoms with Crippen molar-refractivity contribution in [2.75, 3.05) is 0 Å². The van der Waals surface area contributed by atoms with E-state index in [1.165, 1.54) is 5.56 Å². The van der Waals surface area contributed by atoms with Crippen LogP contribution in [0.15, 0.2) is 108 Å². The summed E-state index contributed by atoms with van der Waals surface area (Å²) in [4.78, 5) is 9.44. The Balaban J connectivity index is 0.00000323. The number of benzene rings is 4. The monoisotopic (exact) mass is 704 g/mol. The standard InChI is InChI=1S/C35H29N2O2.Pt/c1-35(2,3)29-16-10-15-27(33(29)38)34-37-32-28(25-13-9-14-26(22-25)30-17-7-8-18-36-30)20-24(21-31(32)39-34)19-23-11-5-4-6-12-23;/h4-18,20-21,38H,19H2,1-3H3;/q-1;. The zero-order valence-corrected chi connectivity index (χ0v) is 24.9. The number of rotatable bonds is 5. The summed E-state index contributed by atoms with van der Waals surface area (Å²) in [6.07, 6.45) is 2.54. The van der Waals surface area contributed by atoms with Gasteiger partial charge in [0, 0.05) is 38.5 Å². The molecule has 0 saturated heterocycles. The fourth-order valence-corrected chi connectivity index (χ4v) is 4.96. The number of phenolic OH excluding ortho intramolecular Hbond substituents is 1. The Kier molecular flexibility index (Phi) is 7.74. The van der Waals surface area contributed by atoms with Crippen molar-refractivity contribution in [2.45, 2.75) is 32.6 Å². The third-order valence-electron chi connectivity index (χ3n) is 6.91. The fourth-order valence-electron chi connectivity index (χ4n) is 4.96. The molecular formula is C35H29N2O2Pt-. The van der Waals surface area contributed by atoms with Crippen LogP contribution in [-0.2, 0) is 32.9 Å². The van der Waals surface area contributed by atoms with Crippen molar-refractivity contribution in [3.05, 3.63) is 126 Å². The molecule has 202 valence electrons. The second kappa shape index (κ2) is 11.2. The summed E-state index contributed by atoms with van der Waals surface area (Å²) < 4.78 is 6.36. The maximum Gasteiger partial charge on any atom is 0.230 e. The van der Waals surface area contributed by atoms with Gasteiger partial charge in [-0.2, -0.15) is 0 Å². The fraction of sp³-hybridized carbons (Fsp3) is 0.143. The molecular weight excluding hydrogens is 675 g/mol. The Bertz CT molecular complexity index is 1770. The summed E-state index contributed by atoms with van der Waals surface area (Å²) in [5.41, 5.74) is 8.55. The van der Waals surface area contributed by atoms with Crippen LogP contribution in [0.4, 0.5) is 0 Å². The van der Waals surface area contributed by atoms with Crippen LogP contribution in [0.1, 0.15) is 37.5 Å². The smallest absolute Gasteiger partial charge is 0.230 e. The summed E-state index contributed by atoms with van der Waals surface area (Å²) in [7, 11) is 0. The van der Waals surface area contributed by atoms with E-state index in [9.17, 15) is 5.11 Å². The predicted octanol–water partition coefficient (Wildman–Crippen LogP) is 8.62. The van der Waals surface area contributed by atoms with E-state index in [2.05, 4.69) is 68.2 Å². The average molecular weight is 705 g/mol. The van der Waals surface area contributed by atoms with Crippen LogP contribution in [0, 0.1) is 6.07 Å². The van der Waals surface area contributed by atoms with Crippen LogP contribution in [-0.4, -0.2) is 15.1 Å². The van der Waals surface area contributed by atoms with Gasteiger partial charge in [0.05, 0.1) is 11.1 Å². The van der Waals surface area contributed by atoms with E-state index in [1.54, 1.807) is 6.20 Å². The van der Waals surface area contributed by atoms with Crippen molar-refractivity contribution in [1.29, 1.82) is 0 Å². The van der Waals surface area contributed by atoms with E-state index in [4.69, 9.17) is 9.40 Å². The quantitative estimate of drug-likeness (QED) is 0.183. The topological polar surface area (TPSA) is 59.2 Å². The Labute approximate surface area is 249 Å². The molecule has 0 unspecified atom stereocenters. The van der Waals surface area contributed by atoms with Crippen molar-refractivity contribution in [3.8, 4) is 39.6 Å². The Morgan fingerprint density at radius 2 is 1.52 bits per heavy atom. The molecule has 1 N–H and O–H groups in total. The van der Waals surface area contributed by atoms with Crippen LogP contribution in [0.25, 0.3) is 44.9 Å². The molecule has 0 fully saturated rings. The van der Waals surface area contributed by atoms with Gasteiger partial charge >= 0.3 is 0 Å². The Hall–Kier alpha value is -4.01. The minimum Gasteiger partial charge on any atom is -0.507 e. The summed E-state index contributed by atoms with van der Waals surface area (Å²) in [6, 6.07) is 35.8. The van der Waals surface area contributed by atoms with E-state index in [0.29, 0.717) is 17.0 Å². The summed E-state index contributed by atoms with van der Waals surface area (Å²) in [5, 5.41) is 11.2. The molecule has 6 rings (SSSR count). The zero-order chi connectivity index (χ0) is 27.0. The molecule has 0 aliphatic rings.